The third-order valence-corrected chi connectivity index (χ3v) is 4.25. The van der Waals surface area contributed by atoms with Crippen LogP contribution in [0.1, 0.15) is 10.4 Å². The molecule has 1 atom stereocenters. The minimum Gasteiger partial charge on any atom is -0.467 e. The minimum atomic E-state index is -0.652. The molecule has 21 heavy (non-hydrogen) atoms. The first-order valence-corrected chi connectivity index (χ1v) is 7.18. The molecule has 0 saturated carbocycles. The van der Waals surface area contributed by atoms with E-state index in [1.165, 1.54) is 37.2 Å². The van der Waals surface area contributed by atoms with Crippen molar-refractivity contribution >= 4 is 39.5 Å². The van der Waals surface area contributed by atoms with Crippen molar-refractivity contribution in [2.45, 2.75) is 6.04 Å². The highest BCUT2D eigenvalue weighted by molar-refractivity contribution is 8.16. The van der Waals surface area contributed by atoms with E-state index in [2.05, 4.69) is 14.7 Å². The van der Waals surface area contributed by atoms with E-state index in [9.17, 15) is 14.0 Å². The predicted octanol–water partition coefficient (Wildman–Crippen LogP) is 2.18. The van der Waals surface area contributed by atoms with E-state index in [0.29, 0.717) is 22.2 Å². The predicted molar refractivity (Wildman–Crippen MR) is 78.3 cm³/mol. The number of nitrogens with one attached hydrogen (secondary N) is 1. The Kier molecular flexibility index (Phi) is 3.50. The van der Waals surface area contributed by atoms with Gasteiger partial charge in [0.15, 0.2) is 6.04 Å². The molecular weight excluding hydrogens is 295 g/mol. The monoisotopic (exact) mass is 306 g/mol. The zero-order chi connectivity index (χ0) is 15.0. The van der Waals surface area contributed by atoms with Crippen molar-refractivity contribution in [2.24, 2.45) is 4.99 Å². The van der Waals surface area contributed by atoms with E-state index < -0.39 is 17.8 Å². The highest BCUT2D eigenvalue weighted by Gasteiger charge is 2.30. The number of thioether (sulfide) groups is 1. The summed E-state index contributed by atoms with van der Waals surface area (Å²) in [5.41, 5.74) is 1.02. The standard InChI is InChI=1S/C14H11FN2O3S/c1-20-14(19)11-6-21-13(17-11)12(18)9-5-16-10-3-2-7(15)4-8(9)10/h2-5,11,16H,6H2,1H3. The van der Waals surface area contributed by atoms with Gasteiger partial charge in [-0.3, -0.25) is 9.79 Å². The molecule has 1 N–H and O–H groups in total. The van der Waals surface area contributed by atoms with Gasteiger partial charge in [0, 0.05) is 22.9 Å². The average molecular weight is 306 g/mol. The number of ketones is 1. The molecule has 1 aliphatic rings. The lowest BCUT2D eigenvalue weighted by atomic mass is 10.1. The smallest absolute Gasteiger partial charge is 0.331 e. The van der Waals surface area contributed by atoms with Crippen LogP contribution in [0.15, 0.2) is 29.4 Å². The summed E-state index contributed by atoms with van der Waals surface area (Å²) >= 11 is 1.21. The number of nitrogens with zero attached hydrogens (tertiary/aromatic N) is 1. The molecule has 0 bridgehead atoms. The van der Waals surface area contributed by atoms with Gasteiger partial charge in [-0.05, 0) is 18.2 Å². The Hall–Kier alpha value is -2.15. The number of rotatable bonds is 3. The van der Waals surface area contributed by atoms with Crippen LogP contribution in [-0.2, 0) is 9.53 Å². The van der Waals surface area contributed by atoms with Gasteiger partial charge >= 0.3 is 5.97 Å². The van der Waals surface area contributed by atoms with Gasteiger partial charge in [0.05, 0.1) is 12.7 Å². The lowest BCUT2D eigenvalue weighted by Crippen LogP contribution is -2.20. The maximum absolute atomic E-state index is 13.3. The quantitative estimate of drug-likeness (QED) is 0.697. The molecule has 1 aromatic heterocycles. The SMILES string of the molecule is COC(=O)C1CSC(C(=O)c2c[nH]c3ccc(F)cc23)=N1. The van der Waals surface area contributed by atoms with Crippen LogP contribution in [0.3, 0.4) is 0 Å². The van der Waals surface area contributed by atoms with Gasteiger partial charge in [-0.2, -0.15) is 0 Å². The number of hydrogen-bond acceptors (Lipinski definition) is 5. The Bertz CT molecular complexity index is 769. The molecule has 1 aliphatic heterocycles. The normalized spacial score (nSPS) is 17.8. The van der Waals surface area contributed by atoms with E-state index in [4.69, 9.17) is 0 Å². The van der Waals surface area contributed by atoms with Crippen molar-refractivity contribution in [1.82, 2.24) is 4.98 Å². The Morgan fingerprint density at radius 1 is 1.48 bits per heavy atom. The topological polar surface area (TPSA) is 71.5 Å². The van der Waals surface area contributed by atoms with E-state index in [-0.39, 0.29) is 10.8 Å². The Labute approximate surface area is 123 Å². The summed E-state index contributed by atoms with van der Waals surface area (Å²) in [7, 11) is 1.28. The molecule has 3 rings (SSSR count). The van der Waals surface area contributed by atoms with Crippen LogP contribution in [0.2, 0.25) is 0 Å². The number of carbonyl (C=O) groups is 2. The highest BCUT2D eigenvalue weighted by Crippen LogP contribution is 2.26. The van der Waals surface area contributed by atoms with E-state index in [1.807, 2.05) is 0 Å². The number of H-pyrrole nitrogens is 1. The molecule has 0 aliphatic carbocycles. The third kappa shape index (κ3) is 2.44. The summed E-state index contributed by atoms with van der Waals surface area (Å²) in [4.78, 5) is 30.9. The highest BCUT2D eigenvalue weighted by atomic mass is 32.2. The second-order valence-corrected chi connectivity index (χ2v) is 5.51. The van der Waals surface area contributed by atoms with Crippen LogP contribution in [0, 0.1) is 5.82 Å². The maximum atomic E-state index is 13.3. The molecule has 0 amide bonds. The molecule has 7 heteroatoms. The van der Waals surface area contributed by atoms with Crippen LogP contribution in [0.5, 0.6) is 0 Å². The van der Waals surface area contributed by atoms with E-state index in [0.717, 1.165) is 0 Å². The molecule has 0 fully saturated rings. The number of aliphatic imine (C=N–C) groups is 1. The molecule has 0 radical (unpaired) electrons. The lowest BCUT2D eigenvalue weighted by Gasteiger charge is -2.00. The average Bonchev–Trinajstić information content (AvgIpc) is 3.12. The lowest BCUT2D eigenvalue weighted by molar-refractivity contribution is -0.141. The number of halogens is 1. The molecule has 1 aromatic carbocycles. The van der Waals surface area contributed by atoms with Gasteiger partial charge in [-0.25, -0.2) is 9.18 Å². The summed E-state index contributed by atoms with van der Waals surface area (Å²) in [6, 6.07) is 3.54. The maximum Gasteiger partial charge on any atom is 0.331 e. The van der Waals surface area contributed by atoms with Gasteiger partial charge in [0.25, 0.3) is 0 Å². The number of ether oxygens (including phenoxy) is 1. The van der Waals surface area contributed by atoms with Crippen LogP contribution < -0.4 is 0 Å². The molecule has 0 saturated heterocycles. The fraction of sp³-hybridized carbons (Fsp3) is 0.214. The first kappa shape index (κ1) is 13.8. The zero-order valence-corrected chi connectivity index (χ0v) is 11.9. The second kappa shape index (κ2) is 5.33. The fourth-order valence-corrected chi connectivity index (χ4v) is 3.12. The molecule has 2 heterocycles. The van der Waals surface area contributed by atoms with Crippen molar-refractivity contribution in [1.29, 1.82) is 0 Å². The van der Waals surface area contributed by atoms with Crippen molar-refractivity contribution < 1.29 is 18.7 Å². The number of esters is 1. The Morgan fingerprint density at radius 2 is 2.29 bits per heavy atom. The number of fused-ring (bicyclic) bond motifs is 1. The number of hydrogen-bond donors (Lipinski definition) is 1. The summed E-state index contributed by atoms with van der Waals surface area (Å²) in [6.45, 7) is 0. The molecule has 5 nitrogen and oxygen atoms in total. The van der Waals surface area contributed by atoms with Gasteiger partial charge in [0.1, 0.15) is 10.9 Å². The number of methoxy groups -OCH3 is 1. The molecule has 0 spiro atoms. The molecule has 108 valence electrons. The van der Waals surface area contributed by atoms with Crippen LogP contribution in [0.4, 0.5) is 4.39 Å². The first-order chi connectivity index (χ1) is 10.1. The van der Waals surface area contributed by atoms with Gasteiger partial charge in [0.2, 0.25) is 5.78 Å². The second-order valence-electron chi connectivity index (χ2n) is 4.51. The van der Waals surface area contributed by atoms with Crippen molar-refractivity contribution in [3.8, 4) is 0 Å². The summed E-state index contributed by atoms with van der Waals surface area (Å²) in [5.74, 6) is -0.812. The largest absolute Gasteiger partial charge is 0.467 e. The van der Waals surface area contributed by atoms with Crippen LogP contribution in [0.25, 0.3) is 10.9 Å². The zero-order valence-electron chi connectivity index (χ0n) is 11.1. The number of aromatic nitrogens is 1. The number of benzene rings is 1. The summed E-state index contributed by atoms with van der Waals surface area (Å²) in [5, 5.41) is 0.750. The Balaban J connectivity index is 1.94. The van der Waals surface area contributed by atoms with Crippen LogP contribution >= 0.6 is 11.8 Å². The van der Waals surface area contributed by atoms with E-state index in [1.54, 1.807) is 6.07 Å². The van der Waals surface area contributed by atoms with Gasteiger partial charge in [-0.15, -0.1) is 11.8 Å². The van der Waals surface area contributed by atoms with Crippen molar-refractivity contribution in [2.75, 3.05) is 12.9 Å². The first-order valence-electron chi connectivity index (χ1n) is 6.20. The molecule has 2 aromatic rings. The summed E-state index contributed by atoms with van der Waals surface area (Å²) in [6.07, 6.45) is 1.53. The van der Waals surface area contributed by atoms with Crippen LogP contribution in [-0.4, -0.2) is 40.7 Å². The number of aromatic amines is 1. The molecule has 1 unspecified atom stereocenters. The fourth-order valence-electron chi connectivity index (χ4n) is 2.15. The van der Waals surface area contributed by atoms with Gasteiger partial charge < -0.3 is 9.72 Å². The summed E-state index contributed by atoms with van der Waals surface area (Å²) < 4.78 is 17.9. The van der Waals surface area contributed by atoms with Gasteiger partial charge in [-0.1, -0.05) is 0 Å². The van der Waals surface area contributed by atoms with E-state index >= 15 is 0 Å². The third-order valence-electron chi connectivity index (χ3n) is 3.21. The number of carbonyl (C=O) groups excluding carboxylic acids is 2. The van der Waals surface area contributed by atoms with Crippen molar-refractivity contribution in [3.05, 3.63) is 35.8 Å². The van der Waals surface area contributed by atoms with Crippen molar-refractivity contribution in [3.63, 3.8) is 0 Å². The molecular formula is C14H11FN2O3S. The minimum absolute atomic E-state index is 0.246. The Morgan fingerprint density at radius 3 is 3.05 bits per heavy atom. The number of Topliss-reactive ketones (excluding diaryl/α,β-unsaturated/α-hetero) is 1.